The van der Waals surface area contributed by atoms with Crippen LogP contribution >= 0.6 is 8.15 Å². The summed E-state index contributed by atoms with van der Waals surface area (Å²) < 4.78 is 7.26. The molecule has 1 saturated carbocycles. The first-order valence-electron chi connectivity index (χ1n) is 19.1. The van der Waals surface area contributed by atoms with E-state index in [1.165, 1.54) is 83.2 Å². The predicted octanol–water partition coefficient (Wildman–Crippen LogP) is 13.4. The maximum absolute atomic E-state index is 7.26. The molecule has 5 aromatic carbocycles. The second-order valence-electron chi connectivity index (χ2n) is 16.5. The molecular weight excluding hydrogens is 648 g/mol. The Morgan fingerprint density at radius 2 is 1.48 bits per heavy atom. The first kappa shape index (κ1) is 32.0. The molecule has 3 aliphatic carbocycles. The lowest BCUT2D eigenvalue weighted by molar-refractivity contribution is 0.590. The van der Waals surface area contributed by atoms with Crippen LogP contribution in [0, 0.1) is 6.92 Å². The highest BCUT2D eigenvalue weighted by atomic mass is 31.1. The van der Waals surface area contributed by atoms with Gasteiger partial charge >= 0.3 is 0 Å². The monoisotopic (exact) mass is 692 g/mol. The Bertz CT molecular complexity index is 2430. The average Bonchev–Trinajstić information content (AvgIpc) is 3.90. The van der Waals surface area contributed by atoms with E-state index in [1.807, 2.05) is 0 Å². The lowest BCUT2D eigenvalue weighted by Crippen LogP contribution is -2.14. The second-order valence-corrected chi connectivity index (χ2v) is 18.4. The number of para-hydroxylation sites is 1. The minimum atomic E-state index is -0.905. The Morgan fingerprint density at radius 1 is 0.712 bits per heavy atom. The molecular formula is C50H45OP. The molecule has 4 bridgehead atoms. The summed E-state index contributed by atoms with van der Waals surface area (Å²) >= 11 is 0. The quantitative estimate of drug-likeness (QED) is 0.167. The highest BCUT2D eigenvalue weighted by Gasteiger charge is 2.56. The summed E-state index contributed by atoms with van der Waals surface area (Å²) in [6.07, 6.45) is 15.1. The number of benzene rings is 5. The van der Waals surface area contributed by atoms with E-state index >= 15 is 0 Å². The van der Waals surface area contributed by atoms with Crippen molar-refractivity contribution in [2.24, 2.45) is 0 Å². The van der Waals surface area contributed by atoms with E-state index in [2.05, 4.69) is 161 Å². The van der Waals surface area contributed by atoms with Crippen molar-refractivity contribution >= 4 is 30.9 Å². The molecule has 52 heavy (non-hydrogen) atoms. The summed E-state index contributed by atoms with van der Waals surface area (Å²) in [5.74, 6) is 1.55. The number of hydrogen-bond donors (Lipinski definition) is 0. The fraction of sp³-hybridized carbons (Fsp3) is 0.240. The van der Waals surface area contributed by atoms with Crippen LogP contribution in [0.3, 0.4) is 0 Å². The molecule has 0 saturated heterocycles. The summed E-state index contributed by atoms with van der Waals surface area (Å²) in [6.45, 7) is 9.33. The lowest BCUT2D eigenvalue weighted by atomic mass is 9.79. The molecule has 5 aromatic rings. The summed E-state index contributed by atoms with van der Waals surface area (Å²) in [4.78, 5) is 0. The van der Waals surface area contributed by atoms with Crippen molar-refractivity contribution in [1.29, 1.82) is 0 Å². The summed E-state index contributed by atoms with van der Waals surface area (Å²) in [5.41, 5.74) is 19.3. The van der Waals surface area contributed by atoms with Gasteiger partial charge in [0.2, 0.25) is 0 Å². The van der Waals surface area contributed by atoms with Gasteiger partial charge in [0.05, 0.1) is 0 Å². The van der Waals surface area contributed by atoms with Crippen molar-refractivity contribution in [2.75, 3.05) is 6.16 Å². The Kier molecular flexibility index (Phi) is 7.32. The third-order valence-corrected chi connectivity index (χ3v) is 14.6. The molecule has 2 aliphatic heterocycles. The zero-order chi connectivity index (χ0) is 35.2. The first-order chi connectivity index (χ1) is 25.3. The van der Waals surface area contributed by atoms with Crippen LogP contribution in [0.2, 0.25) is 0 Å². The number of rotatable bonds is 2. The van der Waals surface area contributed by atoms with Gasteiger partial charge in [0.15, 0.2) is 0 Å². The number of hydrogen-bond acceptors (Lipinski definition) is 1. The summed E-state index contributed by atoms with van der Waals surface area (Å²) in [5, 5.41) is 1.49. The van der Waals surface area contributed by atoms with Crippen LogP contribution in [0.1, 0.15) is 96.0 Å². The zero-order valence-electron chi connectivity index (χ0n) is 30.7. The van der Waals surface area contributed by atoms with Crippen molar-refractivity contribution in [3.63, 3.8) is 0 Å². The Labute approximate surface area is 310 Å². The molecule has 0 N–H and O–H groups in total. The van der Waals surface area contributed by atoms with E-state index in [0.29, 0.717) is 5.92 Å². The zero-order valence-corrected chi connectivity index (χ0v) is 31.6. The Hall–Kier alpha value is -4.71. The highest BCUT2D eigenvalue weighted by molar-refractivity contribution is 7.57. The molecule has 256 valence electrons. The smallest absolute Gasteiger partial charge is 0.131 e. The third kappa shape index (κ3) is 5.08. The topological polar surface area (TPSA) is 9.23 Å². The SMILES string of the molecule is Cc1c2cccc1-c1cc(C(C)(C)C)ccc1CCP1Oc3ccccc3/C3=C/C(c4ccccc4C45C=Cc6ccccc6C4C5)=C\C2=C1CC3. The molecule has 0 aromatic heterocycles. The van der Waals surface area contributed by atoms with Crippen LogP contribution in [0.15, 0.2) is 133 Å². The van der Waals surface area contributed by atoms with E-state index in [1.54, 1.807) is 0 Å². The van der Waals surface area contributed by atoms with Crippen LogP contribution in [0.4, 0.5) is 0 Å². The second kappa shape index (κ2) is 11.9. The van der Waals surface area contributed by atoms with Gasteiger partial charge in [0, 0.05) is 22.5 Å². The van der Waals surface area contributed by atoms with Gasteiger partial charge in [-0.05, 0) is 128 Å². The lowest BCUT2D eigenvalue weighted by Gasteiger charge is -2.32. The molecule has 5 aliphatic rings. The predicted molar refractivity (Wildman–Crippen MR) is 221 cm³/mol. The van der Waals surface area contributed by atoms with E-state index in [4.69, 9.17) is 4.52 Å². The van der Waals surface area contributed by atoms with E-state index in [-0.39, 0.29) is 10.8 Å². The molecule has 3 unspecified atom stereocenters. The van der Waals surface area contributed by atoms with E-state index in [9.17, 15) is 0 Å². The number of allylic oxidation sites excluding steroid dienone is 7. The van der Waals surface area contributed by atoms with Crippen molar-refractivity contribution in [3.05, 3.63) is 183 Å². The number of aryl methyl sites for hydroxylation is 1. The Morgan fingerprint density at radius 3 is 2.37 bits per heavy atom. The fourth-order valence-corrected chi connectivity index (χ4v) is 11.6. The molecule has 10 rings (SSSR count). The fourth-order valence-electron chi connectivity index (χ4n) is 9.50. The number of fused-ring (bicyclic) bond motifs is 12. The molecule has 2 heteroatoms. The normalized spacial score (nSPS) is 24.5. The van der Waals surface area contributed by atoms with Crippen molar-refractivity contribution < 1.29 is 4.52 Å². The van der Waals surface area contributed by atoms with Crippen LogP contribution in [-0.2, 0) is 17.3 Å². The van der Waals surface area contributed by atoms with Gasteiger partial charge in [0.25, 0.3) is 0 Å². The maximum atomic E-state index is 7.26. The van der Waals surface area contributed by atoms with Crippen LogP contribution in [0.25, 0.3) is 33.9 Å². The largest absolute Gasteiger partial charge is 0.469 e. The summed E-state index contributed by atoms with van der Waals surface area (Å²) in [6, 6.07) is 41.4. The molecule has 0 spiro atoms. The van der Waals surface area contributed by atoms with Crippen molar-refractivity contribution in [2.45, 2.75) is 70.1 Å². The average molecular weight is 693 g/mol. The molecule has 0 radical (unpaired) electrons. The van der Waals surface area contributed by atoms with Gasteiger partial charge < -0.3 is 4.52 Å². The van der Waals surface area contributed by atoms with Gasteiger partial charge in [-0.2, -0.15) is 0 Å². The van der Waals surface area contributed by atoms with Gasteiger partial charge in [-0.25, -0.2) is 0 Å². The van der Waals surface area contributed by atoms with E-state index in [0.717, 1.165) is 37.6 Å². The minimum absolute atomic E-state index is 0.0324. The highest BCUT2D eigenvalue weighted by Crippen LogP contribution is 2.66. The van der Waals surface area contributed by atoms with Gasteiger partial charge in [-0.1, -0.05) is 142 Å². The molecule has 1 nitrogen and oxygen atoms in total. The van der Waals surface area contributed by atoms with Crippen LogP contribution in [0.5, 0.6) is 5.75 Å². The molecule has 3 atom stereocenters. The van der Waals surface area contributed by atoms with Crippen LogP contribution in [-0.4, -0.2) is 6.16 Å². The Balaban J connectivity index is 1.22. The standard InChI is InChI=1S/C50H45OP/c1-32-38-16-11-17-39(32)44-29-36(41-14-7-9-18-45(41)50-26-24-33-12-5-6-13-40(33)46(50)31-50)28-35-21-23-48(44)52(51-47-19-10-8-15-42(35)47)27-25-34-20-22-37(30-43(34)38)49(2,3)4/h5-20,22,24,26,28-30,46H,21,23,25,27,31H2,1-4H3/b35-28+,36-29+,48-44?. The van der Waals surface area contributed by atoms with Gasteiger partial charge in [-0.15, -0.1) is 0 Å². The molecule has 0 amide bonds. The maximum Gasteiger partial charge on any atom is 0.131 e. The van der Waals surface area contributed by atoms with Crippen LogP contribution < -0.4 is 4.52 Å². The third-order valence-electron chi connectivity index (χ3n) is 12.5. The summed E-state index contributed by atoms with van der Waals surface area (Å²) in [7, 11) is -0.905. The molecule has 2 heterocycles. The van der Waals surface area contributed by atoms with Crippen molar-refractivity contribution in [1.82, 2.24) is 0 Å². The van der Waals surface area contributed by atoms with E-state index < -0.39 is 8.15 Å². The first-order valence-corrected chi connectivity index (χ1v) is 20.6. The van der Waals surface area contributed by atoms with Gasteiger partial charge in [0.1, 0.15) is 13.9 Å². The molecule has 1 fully saturated rings. The van der Waals surface area contributed by atoms with Crippen molar-refractivity contribution in [3.8, 4) is 16.9 Å². The van der Waals surface area contributed by atoms with Gasteiger partial charge in [-0.3, -0.25) is 0 Å². The minimum Gasteiger partial charge on any atom is -0.469 e.